The first-order chi connectivity index (χ1) is 7.33. The molecule has 2 rings (SSSR count). The van der Waals surface area contributed by atoms with Gasteiger partial charge in [0.25, 0.3) is 0 Å². The Bertz CT molecular complexity index is 503. The number of aliphatic hydroxyl groups excluding tert-OH is 1. The molecule has 0 aliphatic carbocycles. The summed E-state index contributed by atoms with van der Waals surface area (Å²) in [6, 6.07) is 12.3. The zero-order chi connectivity index (χ0) is 10.7. The Balaban J connectivity index is 2.60. The predicted octanol–water partition coefficient (Wildman–Crippen LogP) is 3.61. The van der Waals surface area contributed by atoms with Gasteiger partial charge in [0.1, 0.15) is 0 Å². The van der Waals surface area contributed by atoms with Crippen molar-refractivity contribution in [3.05, 3.63) is 52.5 Å². The van der Waals surface area contributed by atoms with E-state index in [-0.39, 0.29) is 6.61 Å². The van der Waals surface area contributed by atoms with E-state index >= 15 is 0 Å². The highest BCUT2D eigenvalue weighted by Crippen LogP contribution is 2.28. The molecule has 0 unspecified atom stereocenters. The van der Waals surface area contributed by atoms with E-state index in [0.717, 1.165) is 10.0 Å². The van der Waals surface area contributed by atoms with Gasteiger partial charge in [0.15, 0.2) is 0 Å². The van der Waals surface area contributed by atoms with Crippen molar-refractivity contribution in [1.82, 2.24) is 0 Å². The number of benzene rings is 2. The summed E-state index contributed by atoms with van der Waals surface area (Å²) in [4.78, 5) is 0. The van der Waals surface area contributed by atoms with Crippen LogP contribution in [0.25, 0.3) is 16.8 Å². The largest absolute Gasteiger partial charge is 0.392 e. The minimum Gasteiger partial charge on any atom is -0.392 e. The number of hydrogen-bond acceptors (Lipinski definition) is 1. The van der Waals surface area contributed by atoms with Crippen LogP contribution in [0.2, 0.25) is 0 Å². The number of fused-ring (bicyclic) bond motifs is 1. The molecule has 0 aliphatic heterocycles. The Hall–Kier alpha value is -1.12. The van der Waals surface area contributed by atoms with E-state index in [0.29, 0.717) is 0 Å². The predicted molar refractivity (Wildman–Crippen MR) is 67.8 cm³/mol. The molecule has 2 heteroatoms. The maximum atomic E-state index is 8.73. The van der Waals surface area contributed by atoms with E-state index in [9.17, 15) is 0 Å². The van der Waals surface area contributed by atoms with Crippen molar-refractivity contribution in [3.8, 4) is 0 Å². The second-order valence-electron chi connectivity index (χ2n) is 3.27. The first-order valence-electron chi connectivity index (χ1n) is 4.77. The monoisotopic (exact) mass is 262 g/mol. The maximum Gasteiger partial charge on any atom is 0.0615 e. The molecule has 0 bridgehead atoms. The summed E-state index contributed by atoms with van der Waals surface area (Å²) in [6.07, 6.45) is 3.64. The number of halogens is 1. The standard InChI is InChI=1S/C13H11BrO/c14-13-11(5-3-9-15)8-7-10-4-1-2-6-12(10)13/h1-8,15H,9H2. The van der Waals surface area contributed by atoms with Gasteiger partial charge < -0.3 is 5.11 Å². The number of aliphatic hydroxyl groups is 1. The summed E-state index contributed by atoms with van der Waals surface area (Å²) in [5.74, 6) is 0. The Morgan fingerprint density at radius 2 is 1.93 bits per heavy atom. The molecular formula is C13H11BrO. The molecule has 76 valence electrons. The van der Waals surface area contributed by atoms with Gasteiger partial charge in [-0.1, -0.05) is 48.6 Å². The smallest absolute Gasteiger partial charge is 0.0615 e. The third-order valence-corrected chi connectivity index (χ3v) is 3.18. The van der Waals surface area contributed by atoms with Crippen LogP contribution < -0.4 is 0 Å². The third-order valence-electron chi connectivity index (χ3n) is 2.30. The summed E-state index contributed by atoms with van der Waals surface area (Å²) >= 11 is 3.58. The summed E-state index contributed by atoms with van der Waals surface area (Å²) < 4.78 is 1.07. The normalized spacial score (nSPS) is 11.3. The molecule has 0 atom stereocenters. The van der Waals surface area contributed by atoms with Crippen LogP contribution in [0.15, 0.2) is 46.9 Å². The molecule has 0 fully saturated rings. The van der Waals surface area contributed by atoms with Crippen LogP contribution >= 0.6 is 15.9 Å². The molecule has 0 aliphatic rings. The van der Waals surface area contributed by atoms with Crippen LogP contribution in [0.1, 0.15) is 5.56 Å². The molecule has 0 saturated heterocycles. The fourth-order valence-electron chi connectivity index (χ4n) is 1.56. The molecule has 0 aromatic heterocycles. The van der Waals surface area contributed by atoms with Crippen molar-refractivity contribution in [2.24, 2.45) is 0 Å². The molecule has 1 N–H and O–H groups in total. The first-order valence-corrected chi connectivity index (χ1v) is 5.57. The highest BCUT2D eigenvalue weighted by molar-refractivity contribution is 9.10. The lowest BCUT2D eigenvalue weighted by Crippen LogP contribution is -1.80. The molecule has 0 radical (unpaired) electrons. The fraction of sp³-hybridized carbons (Fsp3) is 0.0769. The summed E-state index contributed by atoms with van der Waals surface area (Å²) in [6.45, 7) is 0.0687. The molecule has 0 heterocycles. The lowest BCUT2D eigenvalue weighted by molar-refractivity contribution is 0.343. The zero-order valence-corrected chi connectivity index (χ0v) is 9.74. The van der Waals surface area contributed by atoms with Gasteiger partial charge >= 0.3 is 0 Å². The Morgan fingerprint density at radius 1 is 1.13 bits per heavy atom. The van der Waals surface area contributed by atoms with Gasteiger partial charge in [-0.3, -0.25) is 0 Å². The van der Waals surface area contributed by atoms with Gasteiger partial charge in [-0.25, -0.2) is 0 Å². The van der Waals surface area contributed by atoms with Crippen LogP contribution in [0.4, 0.5) is 0 Å². The summed E-state index contributed by atoms with van der Waals surface area (Å²) in [5.41, 5.74) is 1.09. The Labute approximate surface area is 97.2 Å². The van der Waals surface area contributed by atoms with E-state index in [4.69, 9.17) is 5.11 Å². The van der Waals surface area contributed by atoms with Crippen LogP contribution in [0, 0.1) is 0 Å². The Kier molecular flexibility index (Phi) is 3.19. The van der Waals surface area contributed by atoms with E-state index < -0.39 is 0 Å². The lowest BCUT2D eigenvalue weighted by atomic mass is 10.1. The van der Waals surface area contributed by atoms with E-state index in [2.05, 4.69) is 34.1 Å². The molecule has 0 spiro atoms. The van der Waals surface area contributed by atoms with Gasteiger partial charge in [0, 0.05) is 4.47 Å². The van der Waals surface area contributed by atoms with Gasteiger partial charge in [-0.15, -0.1) is 0 Å². The first kappa shape index (κ1) is 10.4. The van der Waals surface area contributed by atoms with Crippen LogP contribution in [0.3, 0.4) is 0 Å². The average Bonchev–Trinajstić information content (AvgIpc) is 2.29. The van der Waals surface area contributed by atoms with E-state index in [1.807, 2.05) is 24.3 Å². The van der Waals surface area contributed by atoms with Crippen molar-refractivity contribution >= 4 is 32.8 Å². The van der Waals surface area contributed by atoms with Gasteiger partial charge in [-0.05, 0) is 32.3 Å². The number of hydrogen-bond donors (Lipinski definition) is 1. The highest BCUT2D eigenvalue weighted by atomic mass is 79.9. The lowest BCUT2D eigenvalue weighted by Gasteiger charge is -2.03. The second kappa shape index (κ2) is 4.60. The second-order valence-corrected chi connectivity index (χ2v) is 4.07. The van der Waals surface area contributed by atoms with Gasteiger partial charge in [0.2, 0.25) is 0 Å². The zero-order valence-electron chi connectivity index (χ0n) is 8.15. The van der Waals surface area contributed by atoms with Crippen LogP contribution in [0.5, 0.6) is 0 Å². The summed E-state index contributed by atoms with van der Waals surface area (Å²) in [7, 11) is 0. The molecule has 2 aromatic carbocycles. The topological polar surface area (TPSA) is 20.2 Å². The van der Waals surface area contributed by atoms with Crippen LogP contribution in [-0.2, 0) is 0 Å². The molecular weight excluding hydrogens is 252 g/mol. The summed E-state index contributed by atoms with van der Waals surface area (Å²) in [5, 5.41) is 11.1. The molecule has 0 saturated carbocycles. The molecule has 15 heavy (non-hydrogen) atoms. The van der Waals surface area contributed by atoms with Crippen LogP contribution in [-0.4, -0.2) is 11.7 Å². The Morgan fingerprint density at radius 3 is 2.73 bits per heavy atom. The minimum atomic E-state index is 0.0687. The van der Waals surface area contributed by atoms with Crippen molar-refractivity contribution < 1.29 is 5.11 Å². The fourth-order valence-corrected chi connectivity index (χ4v) is 2.18. The highest BCUT2D eigenvalue weighted by Gasteiger charge is 2.01. The molecule has 2 aromatic rings. The molecule has 0 amide bonds. The maximum absolute atomic E-state index is 8.73. The van der Waals surface area contributed by atoms with Gasteiger partial charge in [-0.2, -0.15) is 0 Å². The average molecular weight is 263 g/mol. The van der Waals surface area contributed by atoms with Crippen molar-refractivity contribution in [2.45, 2.75) is 0 Å². The van der Waals surface area contributed by atoms with Crippen molar-refractivity contribution in [1.29, 1.82) is 0 Å². The molecule has 1 nitrogen and oxygen atoms in total. The number of rotatable bonds is 2. The van der Waals surface area contributed by atoms with Crippen molar-refractivity contribution in [3.63, 3.8) is 0 Å². The van der Waals surface area contributed by atoms with Crippen molar-refractivity contribution in [2.75, 3.05) is 6.61 Å². The SMILES string of the molecule is OCC=Cc1ccc2ccccc2c1Br. The van der Waals surface area contributed by atoms with E-state index in [1.54, 1.807) is 6.08 Å². The third kappa shape index (κ3) is 2.11. The van der Waals surface area contributed by atoms with E-state index in [1.165, 1.54) is 10.8 Å². The quantitative estimate of drug-likeness (QED) is 0.877. The van der Waals surface area contributed by atoms with Gasteiger partial charge in [0.05, 0.1) is 6.61 Å². The minimum absolute atomic E-state index is 0.0687.